The molecule has 1 saturated carbocycles. The minimum atomic E-state index is -4.98. The first-order valence-electron chi connectivity index (χ1n) is 17.4. The minimum absolute atomic E-state index is 0.197. The van der Waals surface area contributed by atoms with Crippen molar-refractivity contribution >= 4 is 13.8 Å². The highest BCUT2D eigenvalue weighted by Gasteiger charge is 2.51. The van der Waals surface area contributed by atoms with Crippen molar-refractivity contribution in [1.82, 2.24) is 0 Å². The number of unbranched alkanes of at least 4 members (excludes halogenated alkanes) is 19. The Balaban J connectivity index is 1.96. The average Bonchev–Trinajstić information content (AvgIpc) is 3.02. The number of phosphoric ester groups is 1. The van der Waals surface area contributed by atoms with Crippen molar-refractivity contribution in [3.05, 3.63) is 0 Å². The minimum Gasteiger partial charge on any atom is -0.463 e. The Bertz CT molecular complexity index is 771. The van der Waals surface area contributed by atoms with Gasteiger partial charge in [0, 0.05) is 6.42 Å². The lowest BCUT2D eigenvalue weighted by Gasteiger charge is -2.41. The maximum absolute atomic E-state index is 12.2. The molecule has 0 aromatic carbocycles. The smallest absolute Gasteiger partial charge is 0.463 e. The molecule has 1 aliphatic rings. The molecular formula is C32H63O12P. The van der Waals surface area contributed by atoms with Gasteiger partial charge in [-0.1, -0.05) is 129 Å². The number of ether oxygens (including phenoxy) is 1. The van der Waals surface area contributed by atoms with Crippen LogP contribution in [0.5, 0.6) is 0 Å². The molecule has 6 atom stereocenters. The Kier molecular flexibility index (Phi) is 23.9. The summed E-state index contributed by atoms with van der Waals surface area (Å²) in [5.41, 5.74) is 0. The highest BCUT2D eigenvalue weighted by molar-refractivity contribution is 7.47. The standard InChI is InChI=1S/C32H63O12P/c1-2-3-4-5-6-7-8-9-10-11-12-13-14-15-16-17-18-19-20-21-22-26(34)42-23-25(33)24-43-45(40,41)44-32-30(38)28(36)27(35)29(37)31(32)39/h25,27-33,35-39H,2-24H2,1H3,(H,40,41). The van der Waals surface area contributed by atoms with Crippen molar-refractivity contribution in [1.29, 1.82) is 0 Å². The zero-order valence-corrected chi connectivity index (χ0v) is 28.3. The molecule has 7 N–H and O–H groups in total. The molecule has 13 heteroatoms. The quantitative estimate of drug-likeness (QED) is 0.0351. The van der Waals surface area contributed by atoms with Gasteiger partial charge in [0.05, 0.1) is 6.61 Å². The summed E-state index contributed by atoms with van der Waals surface area (Å²) < 4.78 is 26.4. The molecule has 268 valence electrons. The summed E-state index contributed by atoms with van der Waals surface area (Å²) in [7, 11) is -4.98. The van der Waals surface area contributed by atoms with Crippen LogP contribution in [0, 0.1) is 0 Å². The number of aliphatic hydroxyl groups excluding tert-OH is 6. The molecule has 0 radical (unpaired) electrons. The first-order chi connectivity index (χ1) is 21.5. The monoisotopic (exact) mass is 670 g/mol. The predicted molar refractivity (Wildman–Crippen MR) is 170 cm³/mol. The van der Waals surface area contributed by atoms with E-state index in [9.17, 15) is 44.9 Å². The second kappa shape index (κ2) is 25.4. The molecule has 0 amide bonds. The van der Waals surface area contributed by atoms with Crippen molar-refractivity contribution < 1.29 is 58.7 Å². The van der Waals surface area contributed by atoms with E-state index in [4.69, 9.17) is 4.74 Å². The van der Waals surface area contributed by atoms with Crippen molar-refractivity contribution in [3.8, 4) is 0 Å². The van der Waals surface area contributed by atoms with E-state index in [1.54, 1.807) is 0 Å². The Hall–Kier alpha value is -0.660. The molecule has 1 fully saturated rings. The Morgan fingerprint density at radius 3 is 1.36 bits per heavy atom. The Morgan fingerprint density at radius 1 is 0.600 bits per heavy atom. The molecule has 1 aliphatic carbocycles. The molecule has 0 aliphatic heterocycles. The summed E-state index contributed by atoms with van der Waals surface area (Å²) in [4.78, 5) is 21.8. The van der Waals surface area contributed by atoms with E-state index in [2.05, 4.69) is 16.0 Å². The van der Waals surface area contributed by atoms with Crippen LogP contribution in [0.2, 0.25) is 0 Å². The second-order valence-corrected chi connectivity index (χ2v) is 14.0. The zero-order valence-electron chi connectivity index (χ0n) is 27.4. The van der Waals surface area contributed by atoms with Gasteiger partial charge in [-0.2, -0.15) is 0 Å². The van der Waals surface area contributed by atoms with Crippen LogP contribution < -0.4 is 0 Å². The van der Waals surface area contributed by atoms with Gasteiger partial charge in [0.15, 0.2) is 0 Å². The topological polar surface area (TPSA) is 203 Å². The third kappa shape index (κ3) is 19.7. The van der Waals surface area contributed by atoms with E-state index in [-0.39, 0.29) is 6.42 Å². The average molecular weight is 671 g/mol. The van der Waals surface area contributed by atoms with Gasteiger partial charge in [0.1, 0.15) is 49.3 Å². The number of esters is 1. The highest BCUT2D eigenvalue weighted by Crippen LogP contribution is 2.47. The van der Waals surface area contributed by atoms with E-state index in [1.807, 2.05) is 0 Å². The predicted octanol–water partition coefficient (Wildman–Crippen LogP) is 4.42. The lowest BCUT2D eigenvalue weighted by atomic mass is 9.85. The maximum Gasteiger partial charge on any atom is 0.472 e. The van der Waals surface area contributed by atoms with Gasteiger partial charge in [0.2, 0.25) is 0 Å². The third-order valence-electron chi connectivity index (χ3n) is 8.43. The lowest BCUT2D eigenvalue weighted by Crippen LogP contribution is -2.64. The lowest BCUT2D eigenvalue weighted by molar-refractivity contribution is -0.220. The summed E-state index contributed by atoms with van der Waals surface area (Å²) in [5.74, 6) is -0.505. The first-order valence-corrected chi connectivity index (χ1v) is 18.9. The van der Waals surface area contributed by atoms with E-state index in [1.165, 1.54) is 103 Å². The normalized spacial score (nSPS) is 25.6. The number of hydrogen-bond donors (Lipinski definition) is 7. The molecule has 45 heavy (non-hydrogen) atoms. The number of phosphoric acid groups is 1. The molecule has 0 bridgehead atoms. The molecule has 0 heterocycles. The number of rotatable bonds is 28. The van der Waals surface area contributed by atoms with Crippen LogP contribution in [-0.2, 0) is 23.1 Å². The summed E-state index contributed by atoms with van der Waals surface area (Å²) >= 11 is 0. The second-order valence-electron chi connectivity index (χ2n) is 12.6. The van der Waals surface area contributed by atoms with Crippen LogP contribution in [-0.4, -0.2) is 97.4 Å². The van der Waals surface area contributed by atoms with Crippen molar-refractivity contribution in [3.63, 3.8) is 0 Å². The van der Waals surface area contributed by atoms with Crippen molar-refractivity contribution in [2.45, 2.75) is 184 Å². The Labute approximate surface area is 270 Å². The van der Waals surface area contributed by atoms with Gasteiger partial charge < -0.3 is 40.3 Å². The van der Waals surface area contributed by atoms with Crippen LogP contribution in [0.3, 0.4) is 0 Å². The number of carbonyl (C=O) groups is 1. The number of hydrogen-bond acceptors (Lipinski definition) is 11. The number of aliphatic hydroxyl groups is 6. The molecule has 1 rings (SSSR count). The van der Waals surface area contributed by atoms with Crippen molar-refractivity contribution in [2.24, 2.45) is 0 Å². The summed E-state index contributed by atoms with van der Waals surface area (Å²) in [6.45, 7) is 1.01. The largest absolute Gasteiger partial charge is 0.472 e. The summed E-state index contributed by atoms with van der Waals surface area (Å²) in [6, 6.07) is 0. The van der Waals surface area contributed by atoms with Gasteiger partial charge in [-0.15, -0.1) is 0 Å². The van der Waals surface area contributed by atoms with Gasteiger partial charge in [-0.3, -0.25) is 13.8 Å². The van der Waals surface area contributed by atoms with Gasteiger partial charge in [-0.25, -0.2) is 4.57 Å². The van der Waals surface area contributed by atoms with E-state index in [0.29, 0.717) is 6.42 Å². The molecule has 0 saturated heterocycles. The van der Waals surface area contributed by atoms with Gasteiger partial charge in [-0.05, 0) is 6.42 Å². The van der Waals surface area contributed by atoms with Crippen LogP contribution in [0.4, 0.5) is 0 Å². The summed E-state index contributed by atoms with van der Waals surface area (Å²) in [5, 5.41) is 58.7. The molecule has 12 nitrogen and oxygen atoms in total. The van der Waals surface area contributed by atoms with E-state index < -0.39 is 69.7 Å². The molecule has 0 aromatic heterocycles. The van der Waals surface area contributed by atoms with Crippen LogP contribution >= 0.6 is 7.82 Å². The fraction of sp³-hybridized carbons (Fsp3) is 0.969. The molecule has 0 aromatic rings. The van der Waals surface area contributed by atoms with Gasteiger partial charge >= 0.3 is 13.8 Å². The summed E-state index contributed by atoms with van der Waals surface area (Å²) in [6.07, 6.45) is 12.4. The van der Waals surface area contributed by atoms with Gasteiger partial charge in [0.25, 0.3) is 0 Å². The maximum atomic E-state index is 12.2. The van der Waals surface area contributed by atoms with E-state index >= 15 is 0 Å². The highest BCUT2D eigenvalue weighted by atomic mass is 31.2. The first kappa shape index (κ1) is 42.4. The molecular weight excluding hydrogens is 607 g/mol. The molecule has 6 unspecified atom stereocenters. The van der Waals surface area contributed by atoms with E-state index in [0.717, 1.165) is 19.3 Å². The van der Waals surface area contributed by atoms with Crippen molar-refractivity contribution in [2.75, 3.05) is 13.2 Å². The number of carbonyl (C=O) groups excluding carboxylic acids is 1. The Morgan fingerprint density at radius 2 is 0.956 bits per heavy atom. The van der Waals surface area contributed by atoms with Crippen LogP contribution in [0.1, 0.15) is 142 Å². The van der Waals surface area contributed by atoms with Crippen LogP contribution in [0.25, 0.3) is 0 Å². The molecule has 0 spiro atoms. The zero-order chi connectivity index (χ0) is 33.5. The fourth-order valence-electron chi connectivity index (χ4n) is 5.52. The third-order valence-corrected chi connectivity index (χ3v) is 9.41. The SMILES string of the molecule is CCCCCCCCCCCCCCCCCCCCCCC(=O)OCC(O)COP(=O)(O)OC1C(O)C(O)C(O)C(O)C1O. The fourth-order valence-corrected chi connectivity index (χ4v) is 6.50. The van der Waals surface area contributed by atoms with Crippen LogP contribution in [0.15, 0.2) is 0 Å².